The molecule has 0 aliphatic carbocycles. The number of rotatable bonds is 6. The molecule has 1 amide bonds. The molecule has 148 valence electrons. The number of ether oxygens (including phenoxy) is 1. The van der Waals surface area contributed by atoms with Gasteiger partial charge in [0.05, 0.1) is 12.2 Å². The van der Waals surface area contributed by atoms with Crippen molar-refractivity contribution in [2.24, 2.45) is 0 Å². The van der Waals surface area contributed by atoms with Gasteiger partial charge in [-0.1, -0.05) is 12.1 Å². The number of aryl methyl sites for hydroxylation is 1. The zero-order chi connectivity index (χ0) is 20.8. The molecular formula is C22H22N4O3. The van der Waals surface area contributed by atoms with E-state index in [-0.39, 0.29) is 11.6 Å². The van der Waals surface area contributed by atoms with Crippen molar-refractivity contribution in [2.75, 3.05) is 17.2 Å². The van der Waals surface area contributed by atoms with Crippen LogP contribution in [0.4, 0.5) is 17.3 Å². The van der Waals surface area contributed by atoms with E-state index in [4.69, 9.17) is 4.74 Å². The van der Waals surface area contributed by atoms with Gasteiger partial charge in [0.25, 0.3) is 5.91 Å². The Bertz CT molecular complexity index is 1030. The maximum Gasteiger partial charge on any atom is 0.338 e. The Labute approximate surface area is 169 Å². The van der Waals surface area contributed by atoms with E-state index in [0.717, 1.165) is 16.8 Å². The maximum atomic E-state index is 12.5. The minimum Gasteiger partial charge on any atom is -0.462 e. The fraction of sp³-hybridized carbons (Fsp3) is 0.182. The highest BCUT2D eigenvalue weighted by Gasteiger charge is 2.11. The third-order valence-electron chi connectivity index (χ3n) is 4.39. The number of hydrogen-bond acceptors (Lipinski definition) is 6. The SMILES string of the molecule is CCOC(=O)c1ccc(NC(=O)c2ccnc(Nc3cccc(C)c3C)n2)cc1. The van der Waals surface area contributed by atoms with Gasteiger partial charge >= 0.3 is 5.97 Å². The number of aromatic nitrogens is 2. The molecule has 29 heavy (non-hydrogen) atoms. The highest BCUT2D eigenvalue weighted by Crippen LogP contribution is 2.21. The van der Waals surface area contributed by atoms with Crippen molar-refractivity contribution in [3.8, 4) is 0 Å². The van der Waals surface area contributed by atoms with E-state index in [1.54, 1.807) is 31.2 Å². The molecule has 0 fully saturated rings. The first kappa shape index (κ1) is 20.0. The van der Waals surface area contributed by atoms with Crippen LogP contribution in [0.2, 0.25) is 0 Å². The van der Waals surface area contributed by atoms with Crippen LogP contribution in [0.15, 0.2) is 54.7 Å². The first-order valence-electron chi connectivity index (χ1n) is 9.22. The summed E-state index contributed by atoms with van der Waals surface area (Å²) in [5, 5.41) is 5.91. The minimum atomic E-state index is -0.400. The minimum absolute atomic E-state index is 0.224. The number of amides is 1. The molecule has 0 aliphatic rings. The zero-order valence-corrected chi connectivity index (χ0v) is 16.5. The van der Waals surface area contributed by atoms with Gasteiger partial charge in [-0.15, -0.1) is 0 Å². The number of carbonyl (C=O) groups excluding carboxylic acids is 2. The van der Waals surface area contributed by atoms with Crippen LogP contribution in [0.5, 0.6) is 0 Å². The van der Waals surface area contributed by atoms with Crippen molar-refractivity contribution >= 4 is 29.2 Å². The summed E-state index contributed by atoms with van der Waals surface area (Å²) in [7, 11) is 0. The molecule has 0 saturated carbocycles. The Balaban J connectivity index is 1.71. The fourth-order valence-electron chi connectivity index (χ4n) is 2.65. The maximum absolute atomic E-state index is 12.5. The molecule has 2 aromatic carbocycles. The van der Waals surface area contributed by atoms with E-state index < -0.39 is 5.97 Å². The molecule has 3 rings (SSSR count). The van der Waals surface area contributed by atoms with E-state index in [1.165, 1.54) is 12.3 Å². The van der Waals surface area contributed by atoms with Gasteiger partial charge < -0.3 is 15.4 Å². The lowest BCUT2D eigenvalue weighted by Crippen LogP contribution is -2.15. The largest absolute Gasteiger partial charge is 0.462 e. The first-order chi connectivity index (χ1) is 14.0. The highest BCUT2D eigenvalue weighted by molar-refractivity contribution is 6.03. The Hall–Kier alpha value is -3.74. The van der Waals surface area contributed by atoms with Gasteiger partial charge in [0.15, 0.2) is 0 Å². The fourth-order valence-corrected chi connectivity index (χ4v) is 2.65. The molecule has 7 nitrogen and oxygen atoms in total. The van der Waals surface area contributed by atoms with Crippen LogP contribution in [0.1, 0.15) is 38.9 Å². The lowest BCUT2D eigenvalue weighted by Gasteiger charge is -2.11. The van der Waals surface area contributed by atoms with Gasteiger partial charge in [0.2, 0.25) is 5.95 Å². The molecule has 0 radical (unpaired) electrons. The van der Waals surface area contributed by atoms with Gasteiger partial charge in [-0.2, -0.15) is 0 Å². The van der Waals surface area contributed by atoms with Crippen LogP contribution in [-0.4, -0.2) is 28.5 Å². The lowest BCUT2D eigenvalue weighted by atomic mass is 10.1. The van der Waals surface area contributed by atoms with Crippen molar-refractivity contribution in [3.05, 3.63) is 77.1 Å². The van der Waals surface area contributed by atoms with Gasteiger partial charge in [0, 0.05) is 17.6 Å². The Morgan fingerprint density at radius 3 is 2.52 bits per heavy atom. The van der Waals surface area contributed by atoms with Crippen molar-refractivity contribution in [1.29, 1.82) is 0 Å². The Kier molecular flexibility index (Phi) is 6.19. The summed E-state index contributed by atoms with van der Waals surface area (Å²) in [6.45, 7) is 6.09. The Morgan fingerprint density at radius 1 is 1.03 bits per heavy atom. The molecule has 0 atom stereocenters. The second-order valence-electron chi connectivity index (χ2n) is 6.39. The monoisotopic (exact) mass is 390 g/mol. The highest BCUT2D eigenvalue weighted by atomic mass is 16.5. The van der Waals surface area contributed by atoms with Crippen molar-refractivity contribution in [2.45, 2.75) is 20.8 Å². The summed E-state index contributed by atoms with van der Waals surface area (Å²) in [6, 6.07) is 13.9. The lowest BCUT2D eigenvalue weighted by molar-refractivity contribution is 0.0526. The van der Waals surface area contributed by atoms with Crippen LogP contribution < -0.4 is 10.6 Å². The molecule has 0 unspecified atom stereocenters. The number of nitrogens with one attached hydrogen (secondary N) is 2. The molecule has 0 aliphatic heterocycles. The van der Waals surface area contributed by atoms with E-state index in [0.29, 0.717) is 23.8 Å². The average Bonchev–Trinajstić information content (AvgIpc) is 2.72. The number of esters is 1. The second-order valence-corrected chi connectivity index (χ2v) is 6.39. The van der Waals surface area contributed by atoms with Gasteiger partial charge in [0.1, 0.15) is 5.69 Å². The summed E-state index contributed by atoms with van der Waals surface area (Å²) in [5.74, 6) is -0.437. The van der Waals surface area contributed by atoms with Crippen molar-refractivity contribution in [1.82, 2.24) is 9.97 Å². The van der Waals surface area contributed by atoms with Crippen LogP contribution in [0.25, 0.3) is 0 Å². The first-order valence-corrected chi connectivity index (χ1v) is 9.22. The number of benzene rings is 2. The molecule has 3 aromatic rings. The van der Waals surface area contributed by atoms with Crippen molar-refractivity contribution < 1.29 is 14.3 Å². The molecule has 0 bridgehead atoms. The second kappa shape index (κ2) is 8.97. The van der Waals surface area contributed by atoms with Crippen LogP contribution in [0, 0.1) is 13.8 Å². The summed E-state index contributed by atoms with van der Waals surface area (Å²) in [6.07, 6.45) is 1.53. The number of nitrogens with zero attached hydrogens (tertiary/aromatic N) is 2. The quantitative estimate of drug-likeness (QED) is 0.611. The zero-order valence-electron chi connectivity index (χ0n) is 16.5. The third kappa shape index (κ3) is 4.95. The smallest absolute Gasteiger partial charge is 0.338 e. The normalized spacial score (nSPS) is 10.3. The average molecular weight is 390 g/mol. The third-order valence-corrected chi connectivity index (χ3v) is 4.39. The van der Waals surface area contributed by atoms with E-state index in [9.17, 15) is 9.59 Å². The van der Waals surface area contributed by atoms with E-state index in [2.05, 4.69) is 20.6 Å². The molecule has 1 heterocycles. The standard InChI is InChI=1S/C22H22N4O3/c1-4-29-21(28)16-8-10-17(11-9-16)24-20(27)19-12-13-23-22(26-19)25-18-7-5-6-14(2)15(18)3/h5-13H,4H2,1-3H3,(H,24,27)(H,23,25,26). The summed E-state index contributed by atoms with van der Waals surface area (Å²) in [5.41, 5.74) is 4.32. The predicted molar refractivity (Wildman–Crippen MR) is 112 cm³/mol. The molecular weight excluding hydrogens is 368 g/mol. The molecule has 7 heteroatoms. The van der Waals surface area contributed by atoms with Gasteiger partial charge in [-0.05, 0) is 68.3 Å². The summed E-state index contributed by atoms with van der Waals surface area (Å²) in [4.78, 5) is 32.7. The van der Waals surface area contributed by atoms with Crippen LogP contribution in [0.3, 0.4) is 0 Å². The number of carbonyl (C=O) groups is 2. The number of anilines is 3. The Morgan fingerprint density at radius 2 is 1.79 bits per heavy atom. The molecule has 0 saturated heterocycles. The molecule has 0 spiro atoms. The van der Waals surface area contributed by atoms with Crippen LogP contribution in [-0.2, 0) is 4.74 Å². The predicted octanol–water partition coefficient (Wildman–Crippen LogP) is 4.27. The molecule has 2 N–H and O–H groups in total. The van der Waals surface area contributed by atoms with Gasteiger partial charge in [-0.3, -0.25) is 4.79 Å². The van der Waals surface area contributed by atoms with E-state index >= 15 is 0 Å². The van der Waals surface area contributed by atoms with Gasteiger partial charge in [-0.25, -0.2) is 14.8 Å². The topological polar surface area (TPSA) is 93.2 Å². The van der Waals surface area contributed by atoms with Crippen molar-refractivity contribution in [3.63, 3.8) is 0 Å². The van der Waals surface area contributed by atoms with Crippen LogP contribution >= 0.6 is 0 Å². The summed E-state index contributed by atoms with van der Waals surface area (Å²) < 4.78 is 4.95. The van der Waals surface area contributed by atoms with E-state index in [1.807, 2.05) is 32.0 Å². The molecule has 1 aromatic heterocycles. The number of hydrogen-bond donors (Lipinski definition) is 2. The summed E-state index contributed by atoms with van der Waals surface area (Å²) >= 11 is 0.